The van der Waals surface area contributed by atoms with E-state index in [0.717, 1.165) is 72.3 Å². The predicted molar refractivity (Wildman–Crippen MR) is 254 cm³/mol. The number of furan rings is 1. The van der Waals surface area contributed by atoms with Gasteiger partial charge in [0.1, 0.15) is 11.2 Å². The lowest BCUT2D eigenvalue weighted by Crippen LogP contribution is -2.28. The normalized spacial score (nSPS) is 12.6. The highest BCUT2D eigenvalue weighted by Crippen LogP contribution is 2.56. The summed E-state index contributed by atoms with van der Waals surface area (Å²) in [5, 5.41) is 2.25. The standard InChI is InChI=1S/C59H38N2O/c1-4-17-41(18-5-1)58-60-54(40-33-31-39(32-34-40)45-23-10-11-24-46(45)49-27-16-28-50-48-26-13-15-30-56(48)62-57(49)50)38-55(61-58)42-35-36-53-51(37-42)47-25-12-14-29-52(47)59(53,43-19-6-2-7-20-43)44-21-8-3-9-22-44/h1-38H. The maximum atomic E-state index is 6.48. The zero-order valence-electron chi connectivity index (χ0n) is 33.7. The summed E-state index contributed by atoms with van der Waals surface area (Å²) in [5.41, 5.74) is 18.1. The fraction of sp³-hybridized carbons (Fsp3) is 0.0169. The summed E-state index contributed by atoms with van der Waals surface area (Å²) in [5.74, 6) is 0.690. The highest BCUT2D eigenvalue weighted by atomic mass is 16.3. The first-order chi connectivity index (χ1) is 30.7. The molecule has 2 heterocycles. The minimum Gasteiger partial charge on any atom is -0.455 e. The molecule has 3 nitrogen and oxygen atoms in total. The Hall–Kier alpha value is -8.14. The molecule has 11 aromatic rings. The molecule has 0 aliphatic heterocycles. The van der Waals surface area contributed by atoms with Crippen LogP contribution < -0.4 is 0 Å². The van der Waals surface area contributed by atoms with Crippen molar-refractivity contribution in [3.63, 3.8) is 0 Å². The van der Waals surface area contributed by atoms with E-state index in [9.17, 15) is 0 Å². The van der Waals surface area contributed by atoms with Crippen LogP contribution in [0, 0.1) is 0 Å². The quantitative estimate of drug-likeness (QED) is 0.161. The third-order valence-corrected chi connectivity index (χ3v) is 12.6. The Kier molecular flexibility index (Phi) is 8.39. The molecule has 2 aromatic heterocycles. The van der Waals surface area contributed by atoms with Gasteiger partial charge in [-0.25, -0.2) is 9.97 Å². The number of para-hydroxylation sites is 2. The van der Waals surface area contributed by atoms with Gasteiger partial charge in [-0.2, -0.15) is 0 Å². The maximum Gasteiger partial charge on any atom is 0.160 e. The van der Waals surface area contributed by atoms with E-state index in [4.69, 9.17) is 14.4 Å². The second-order valence-electron chi connectivity index (χ2n) is 16.0. The van der Waals surface area contributed by atoms with Crippen molar-refractivity contribution in [2.75, 3.05) is 0 Å². The number of benzene rings is 9. The molecule has 12 rings (SSSR count). The van der Waals surface area contributed by atoms with E-state index in [1.165, 1.54) is 33.4 Å². The predicted octanol–water partition coefficient (Wildman–Crippen LogP) is 15.1. The van der Waals surface area contributed by atoms with Crippen LogP contribution in [-0.2, 0) is 5.41 Å². The van der Waals surface area contributed by atoms with Crippen LogP contribution in [-0.4, -0.2) is 9.97 Å². The van der Waals surface area contributed by atoms with Crippen LogP contribution in [0.1, 0.15) is 22.3 Å². The van der Waals surface area contributed by atoms with Gasteiger partial charge in [0.05, 0.1) is 16.8 Å². The summed E-state index contributed by atoms with van der Waals surface area (Å²) in [6.45, 7) is 0. The van der Waals surface area contributed by atoms with Crippen LogP contribution in [0.4, 0.5) is 0 Å². The molecule has 1 aliphatic carbocycles. The number of aromatic nitrogens is 2. The zero-order chi connectivity index (χ0) is 41.0. The summed E-state index contributed by atoms with van der Waals surface area (Å²) < 4.78 is 6.48. The second-order valence-corrected chi connectivity index (χ2v) is 16.0. The number of fused-ring (bicyclic) bond motifs is 6. The van der Waals surface area contributed by atoms with E-state index in [0.29, 0.717) is 5.82 Å². The molecule has 290 valence electrons. The molecule has 0 saturated carbocycles. The highest BCUT2D eigenvalue weighted by Gasteiger charge is 2.46. The molecule has 62 heavy (non-hydrogen) atoms. The van der Waals surface area contributed by atoms with Gasteiger partial charge in [-0.1, -0.05) is 212 Å². The van der Waals surface area contributed by atoms with Crippen LogP contribution in [0.5, 0.6) is 0 Å². The average Bonchev–Trinajstić information content (AvgIpc) is 3.89. The van der Waals surface area contributed by atoms with Crippen molar-refractivity contribution in [2.45, 2.75) is 5.41 Å². The molecule has 0 amide bonds. The number of hydrogen-bond donors (Lipinski definition) is 0. The van der Waals surface area contributed by atoms with E-state index >= 15 is 0 Å². The lowest BCUT2D eigenvalue weighted by Gasteiger charge is -2.33. The van der Waals surface area contributed by atoms with Crippen LogP contribution in [0.2, 0.25) is 0 Å². The van der Waals surface area contributed by atoms with Gasteiger partial charge in [-0.05, 0) is 68.3 Å². The van der Waals surface area contributed by atoms with Crippen molar-refractivity contribution in [1.82, 2.24) is 9.97 Å². The van der Waals surface area contributed by atoms with Crippen molar-refractivity contribution in [3.8, 4) is 67.3 Å². The molecule has 0 spiro atoms. The fourth-order valence-electron chi connectivity index (χ4n) is 9.82. The van der Waals surface area contributed by atoms with Crippen molar-refractivity contribution in [3.05, 3.63) is 253 Å². The molecule has 0 N–H and O–H groups in total. The Balaban J connectivity index is 0.980. The Morgan fingerprint density at radius 2 is 0.855 bits per heavy atom. The van der Waals surface area contributed by atoms with Crippen LogP contribution in [0.15, 0.2) is 235 Å². The first-order valence-electron chi connectivity index (χ1n) is 21.1. The molecule has 0 bridgehead atoms. The molecule has 0 unspecified atom stereocenters. The van der Waals surface area contributed by atoms with Gasteiger partial charge < -0.3 is 4.42 Å². The molecule has 1 aliphatic rings. The van der Waals surface area contributed by atoms with E-state index in [2.05, 4.69) is 200 Å². The van der Waals surface area contributed by atoms with Gasteiger partial charge in [-0.3, -0.25) is 0 Å². The minimum absolute atomic E-state index is 0.460. The van der Waals surface area contributed by atoms with Crippen molar-refractivity contribution in [2.24, 2.45) is 0 Å². The van der Waals surface area contributed by atoms with Crippen molar-refractivity contribution < 1.29 is 4.42 Å². The van der Waals surface area contributed by atoms with Crippen molar-refractivity contribution in [1.29, 1.82) is 0 Å². The zero-order valence-corrected chi connectivity index (χ0v) is 33.7. The topological polar surface area (TPSA) is 38.9 Å². The van der Waals surface area contributed by atoms with Crippen LogP contribution in [0.3, 0.4) is 0 Å². The second kappa shape index (κ2) is 14.5. The number of hydrogen-bond acceptors (Lipinski definition) is 3. The summed E-state index contributed by atoms with van der Waals surface area (Å²) in [4.78, 5) is 10.5. The lowest BCUT2D eigenvalue weighted by molar-refractivity contribution is 0.670. The Labute approximate surface area is 360 Å². The summed E-state index contributed by atoms with van der Waals surface area (Å²) >= 11 is 0. The molecule has 0 saturated heterocycles. The van der Waals surface area contributed by atoms with Crippen LogP contribution in [0.25, 0.3) is 89.2 Å². The van der Waals surface area contributed by atoms with Gasteiger partial charge in [-0.15, -0.1) is 0 Å². The van der Waals surface area contributed by atoms with E-state index in [1.807, 2.05) is 30.3 Å². The molecule has 3 heteroatoms. The fourth-order valence-corrected chi connectivity index (χ4v) is 9.82. The molecule has 0 fully saturated rings. The summed E-state index contributed by atoms with van der Waals surface area (Å²) in [7, 11) is 0. The lowest BCUT2D eigenvalue weighted by atomic mass is 9.67. The van der Waals surface area contributed by atoms with Crippen LogP contribution >= 0.6 is 0 Å². The molecular formula is C59H38N2O. The third-order valence-electron chi connectivity index (χ3n) is 12.6. The minimum atomic E-state index is -0.460. The first-order valence-corrected chi connectivity index (χ1v) is 21.1. The van der Waals surface area contributed by atoms with E-state index in [-0.39, 0.29) is 0 Å². The van der Waals surface area contributed by atoms with E-state index in [1.54, 1.807) is 0 Å². The SMILES string of the molecule is c1ccc(-c2nc(-c3ccc(-c4ccccc4-c4cccc5c4oc4ccccc45)cc3)cc(-c3ccc4c(c3)-c3ccccc3C4(c3ccccc3)c3ccccc3)n2)cc1. The molecule has 0 radical (unpaired) electrons. The van der Waals surface area contributed by atoms with Gasteiger partial charge in [0, 0.05) is 33.0 Å². The van der Waals surface area contributed by atoms with E-state index < -0.39 is 5.41 Å². The number of nitrogens with zero attached hydrogens (tertiary/aromatic N) is 2. The monoisotopic (exact) mass is 790 g/mol. The van der Waals surface area contributed by atoms with Gasteiger partial charge in [0.2, 0.25) is 0 Å². The highest BCUT2D eigenvalue weighted by molar-refractivity contribution is 6.10. The Morgan fingerprint density at radius 3 is 1.60 bits per heavy atom. The summed E-state index contributed by atoms with van der Waals surface area (Å²) in [6, 6.07) is 82.1. The average molecular weight is 791 g/mol. The number of rotatable bonds is 7. The maximum absolute atomic E-state index is 6.48. The first kappa shape index (κ1) is 35.8. The van der Waals surface area contributed by atoms with Gasteiger partial charge in [0.15, 0.2) is 5.82 Å². The molecular weight excluding hydrogens is 753 g/mol. The Morgan fingerprint density at radius 1 is 0.323 bits per heavy atom. The Bertz CT molecular complexity index is 3400. The third kappa shape index (κ3) is 5.67. The van der Waals surface area contributed by atoms with Gasteiger partial charge >= 0.3 is 0 Å². The molecule has 0 atom stereocenters. The largest absolute Gasteiger partial charge is 0.455 e. The van der Waals surface area contributed by atoms with Gasteiger partial charge in [0.25, 0.3) is 0 Å². The van der Waals surface area contributed by atoms with Crippen molar-refractivity contribution >= 4 is 21.9 Å². The molecule has 9 aromatic carbocycles. The smallest absolute Gasteiger partial charge is 0.160 e. The summed E-state index contributed by atoms with van der Waals surface area (Å²) in [6.07, 6.45) is 0.